The van der Waals surface area contributed by atoms with Crippen molar-refractivity contribution in [1.82, 2.24) is 10.2 Å². The molecule has 1 aromatic rings. The molecule has 2 atom stereocenters. The lowest BCUT2D eigenvalue weighted by molar-refractivity contribution is -0.00988. The molecule has 0 radical (unpaired) electrons. The van der Waals surface area contributed by atoms with Gasteiger partial charge in [0.25, 0.3) is 0 Å². The van der Waals surface area contributed by atoms with Gasteiger partial charge in [-0.15, -0.1) is 0 Å². The van der Waals surface area contributed by atoms with Gasteiger partial charge in [0.2, 0.25) is 0 Å². The number of amides is 2. The third-order valence-electron chi connectivity index (χ3n) is 5.26. The monoisotopic (exact) mass is 334 g/mol. The topological polar surface area (TPSA) is 41.6 Å². The largest absolute Gasteiger partial charge is 0.378 e. The van der Waals surface area contributed by atoms with Crippen molar-refractivity contribution in [1.29, 1.82) is 0 Å². The van der Waals surface area contributed by atoms with Crippen molar-refractivity contribution in [3.8, 4) is 0 Å². The van der Waals surface area contributed by atoms with Crippen LogP contribution in [0, 0.1) is 5.92 Å². The highest BCUT2D eigenvalue weighted by Crippen LogP contribution is 2.38. The summed E-state index contributed by atoms with van der Waals surface area (Å²) in [5, 5.41) is 4.00. The molecule has 0 spiro atoms. The van der Waals surface area contributed by atoms with Gasteiger partial charge < -0.3 is 15.0 Å². The fourth-order valence-electron chi connectivity index (χ4n) is 3.72. The summed E-state index contributed by atoms with van der Waals surface area (Å²) < 4.78 is 5.84. The van der Waals surface area contributed by atoms with Crippen LogP contribution in [0.25, 0.3) is 0 Å². The average Bonchev–Trinajstić information content (AvgIpc) is 3.39. The Morgan fingerprint density at radius 3 is 2.96 bits per heavy atom. The number of carbonyl (C=O) groups is 1. The third-order valence-corrected chi connectivity index (χ3v) is 5.49. The number of benzene rings is 1. The predicted molar refractivity (Wildman–Crippen MR) is 89.6 cm³/mol. The minimum absolute atomic E-state index is 0.0621. The van der Waals surface area contributed by atoms with Crippen molar-refractivity contribution < 1.29 is 9.53 Å². The van der Waals surface area contributed by atoms with Crippen molar-refractivity contribution in [2.24, 2.45) is 5.92 Å². The Labute approximate surface area is 142 Å². The Bertz CT molecular complexity index is 603. The molecule has 2 aliphatic heterocycles. The van der Waals surface area contributed by atoms with Crippen molar-refractivity contribution in [2.75, 3.05) is 13.2 Å². The summed E-state index contributed by atoms with van der Waals surface area (Å²) in [5.74, 6) is 0.737. The number of urea groups is 1. The highest BCUT2D eigenvalue weighted by atomic mass is 35.5. The molecule has 2 fully saturated rings. The zero-order chi connectivity index (χ0) is 15.8. The van der Waals surface area contributed by atoms with Gasteiger partial charge in [-0.2, -0.15) is 0 Å². The summed E-state index contributed by atoms with van der Waals surface area (Å²) in [4.78, 5) is 14.5. The van der Waals surface area contributed by atoms with E-state index >= 15 is 0 Å². The van der Waals surface area contributed by atoms with Crippen LogP contribution in [0.3, 0.4) is 0 Å². The standard InChI is InChI=1S/C18H23ClN2O2/c19-15-4-3-14-11-21(7-5-13(14)9-15)18(22)20-16-6-8-23-17(10-16)12-1-2-12/h3-4,9,12,16-17H,1-2,5-8,10-11H2,(H,20,22)/t16-,17-/m1/s1. The smallest absolute Gasteiger partial charge is 0.317 e. The summed E-state index contributed by atoms with van der Waals surface area (Å²) in [5.41, 5.74) is 2.47. The highest BCUT2D eigenvalue weighted by Gasteiger charge is 2.36. The number of rotatable bonds is 2. The Balaban J connectivity index is 1.35. The zero-order valence-electron chi connectivity index (χ0n) is 13.3. The van der Waals surface area contributed by atoms with E-state index in [1.807, 2.05) is 23.1 Å². The Kier molecular flexibility index (Phi) is 4.20. The van der Waals surface area contributed by atoms with Crippen LogP contribution in [0.2, 0.25) is 5.02 Å². The van der Waals surface area contributed by atoms with E-state index in [0.717, 1.165) is 43.4 Å². The first-order valence-corrected chi connectivity index (χ1v) is 9.01. The van der Waals surface area contributed by atoms with Crippen LogP contribution < -0.4 is 5.32 Å². The molecule has 1 saturated carbocycles. The minimum atomic E-state index is 0.0621. The fraction of sp³-hybridized carbons (Fsp3) is 0.611. The fourth-order valence-corrected chi connectivity index (χ4v) is 3.91. The van der Waals surface area contributed by atoms with Crippen LogP contribution in [0.1, 0.15) is 36.8 Å². The van der Waals surface area contributed by atoms with Gasteiger partial charge in [0.15, 0.2) is 0 Å². The number of nitrogens with zero attached hydrogens (tertiary/aromatic N) is 1. The Hall–Kier alpha value is -1.26. The number of halogens is 1. The Morgan fingerprint density at radius 1 is 1.26 bits per heavy atom. The maximum absolute atomic E-state index is 12.6. The van der Waals surface area contributed by atoms with Gasteiger partial charge in [-0.25, -0.2) is 4.79 Å². The highest BCUT2D eigenvalue weighted by molar-refractivity contribution is 6.30. The van der Waals surface area contributed by atoms with Crippen LogP contribution in [0.4, 0.5) is 4.79 Å². The molecule has 1 saturated heterocycles. The van der Waals surface area contributed by atoms with E-state index in [4.69, 9.17) is 16.3 Å². The first-order valence-electron chi connectivity index (χ1n) is 8.63. The van der Waals surface area contributed by atoms with Crippen LogP contribution in [0.5, 0.6) is 0 Å². The number of ether oxygens (including phenoxy) is 1. The maximum atomic E-state index is 12.6. The van der Waals surface area contributed by atoms with E-state index < -0.39 is 0 Å². The second-order valence-electron chi connectivity index (χ2n) is 7.00. The average molecular weight is 335 g/mol. The lowest BCUT2D eigenvalue weighted by atomic mass is 9.99. The summed E-state index contributed by atoms with van der Waals surface area (Å²) in [6.45, 7) is 2.20. The zero-order valence-corrected chi connectivity index (χ0v) is 14.0. The van der Waals surface area contributed by atoms with Gasteiger partial charge in [-0.1, -0.05) is 17.7 Å². The number of hydrogen-bond acceptors (Lipinski definition) is 2. The maximum Gasteiger partial charge on any atom is 0.317 e. The molecule has 0 aromatic heterocycles. The van der Waals surface area contributed by atoms with Gasteiger partial charge in [0.05, 0.1) is 6.10 Å². The third kappa shape index (κ3) is 3.48. The Morgan fingerprint density at radius 2 is 2.13 bits per heavy atom. The van der Waals surface area contributed by atoms with Crippen molar-refractivity contribution in [3.05, 3.63) is 34.3 Å². The molecule has 1 N–H and O–H groups in total. The molecule has 0 unspecified atom stereocenters. The van der Waals surface area contributed by atoms with Crippen LogP contribution in [-0.2, 0) is 17.7 Å². The second-order valence-corrected chi connectivity index (χ2v) is 7.44. The molecule has 0 bridgehead atoms. The molecule has 124 valence electrons. The summed E-state index contributed by atoms with van der Waals surface area (Å²) in [6, 6.07) is 6.28. The minimum Gasteiger partial charge on any atom is -0.378 e. The van der Waals surface area contributed by atoms with E-state index in [1.165, 1.54) is 24.0 Å². The van der Waals surface area contributed by atoms with Crippen LogP contribution >= 0.6 is 11.6 Å². The normalized spacial score (nSPS) is 27.4. The molecular weight excluding hydrogens is 312 g/mol. The number of carbonyl (C=O) groups excluding carboxylic acids is 1. The molecule has 1 aliphatic carbocycles. The van der Waals surface area contributed by atoms with Crippen molar-refractivity contribution >= 4 is 17.6 Å². The molecule has 23 heavy (non-hydrogen) atoms. The van der Waals surface area contributed by atoms with Gasteiger partial charge in [-0.05, 0) is 61.3 Å². The van der Waals surface area contributed by atoms with E-state index in [2.05, 4.69) is 5.32 Å². The molecular formula is C18H23ClN2O2. The van der Waals surface area contributed by atoms with Crippen LogP contribution in [0.15, 0.2) is 18.2 Å². The number of fused-ring (bicyclic) bond motifs is 1. The molecule has 4 nitrogen and oxygen atoms in total. The first kappa shape index (κ1) is 15.3. The summed E-state index contributed by atoms with van der Waals surface area (Å²) >= 11 is 6.04. The SMILES string of the molecule is O=C(N[C@@H]1CCO[C@@H](C2CC2)C1)N1CCc2cc(Cl)ccc2C1. The van der Waals surface area contributed by atoms with Crippen molar-refractivity contribution in [3.63, 3.8) is 0 Å². The second kappa shape index (κ2) is 6.33. The van der Waals surface area contributed by atoms with Gasteiger partial charge >= 0.3 is 6.03 Å². The van der Waals surface area contributed by atoms with Gasteiger partial charge in [0, 0.05) is 30.8 Å². The van der Waals surface area contributed by atoms with Crippen LogP contribution in [-0.4, -0.2) is 36.2 Å². The lowest BCUT2D eigenvalue weighted by Gasteiger charge is -2.34. The molecule has 2 amide bonds. The molecule has 2 heterocycles. The lowest BCUT2D eigenvalue weighted by Crippen LogP contribution is -2.49. The van der Waals surface area contributed by atoms with Crippen molar-refractivity contribution in [2.45, 2.75) is 50.8 Å². The first-order chi connectivity index (χ1) is 11.2. The quantitative estimate of drug-likeness (QED) is 0.901. The van der Waals surface area contributed by atoms with Gasteiger partial charge in [0.1, 0.15) is 0 Å². The van der Waals surface area contributed by atoms with E-state index in [0.29, 0.717) is 12.6 Å². The number of hydrogen-bond donors (Lipinski definition) is 1. The van der Waals surface area contributed by atoms with E-state index in [9.17, 15) is 4.79 Å². The molecule has 3 aliphatic rings. The van der Waals surface area contributed by atoms with Gasteiger partial charge in [-0.3, -0.25) is 0 Å². The molecule has 1 aromatic carbocycles. The molecule has 4 rings (SSSR count). The summed E-state index contributed by atoms with van der Waals surface area (Å²) in [7, 11) is 0. The summed E-state index contributed by atoms with van der Waals surface area (Å²) in [6.07, 6.45) is 5.71. The van der Waals surface area contributed by atoms with E-state index in [1.54, 1.807) is 0 Å². The van der Waals surface area contributed by atoms with E-state index in [-0.39, 0.29) is 12.1 Å². The number of nitrogens with one attached hydrogen (secondary N) is 1. The predicted octanol–water partition coefficient (Wildman–Crippen LogP) is 3.37. The molecule has 5 heteroatoms.